The van der Waals surface area contributed by atoms with Crippen LogP contribution in [0.2, 0.25) is 0 Å². The maximum absolute atomic E-state index is 6.43. The van der Waals surface area contributed by atoms with Crippen molar-refractivity contribution in [3.63, 3.8) is 0 Å². The second-order valence-electron chi connectivity index (χ2n) is 19.9. The van der Waals surface area contributed by atoms with Gasteiger partial charge in [-0.3, -0.25) is 0 Å². The van der Waals surface area contributed by atoms with E-state index in [0.717, 1.165) is 61.3 Å². The van der Waals surface area contributed by atoms with Gasteiger partial charge in [0.2, 0.25) is 0 Å². The Hall–Kier alpha value is -9.54. The molecule has 1 aliphatic rings. The van der Waals surface area contributed by atoms with Gasteiger partial charge in [-0.05, 0) is 115 Å². The van der Waals surface area contributed by atoms with E-state index in [-0.39, 0.29) is 0 Å². The van der Waals surface area contributed by atoms with Crippen molar-refractivity contribution in [2.24, 2.45) is 0 Å². The van der Waals surface area contributed by atoms with Crippen LogP contribution in [-0.4, -0.2) is 0 Å². The van der Waals surface area contributed by atoms with Crippen molar-refractivity contribution in [3.05, 3.63) is 307 Å². The van der Waals surface area contributed by atoms with E-state index in [0.29, 0.717) is 0 Å². The molecule has 0 unspecified atom stereocenters. The van der Waals surface area contributed by atoms with Gasteiger partial charge in [-0.1, -0.05) is 237 Å². The van der Waals surface area contributed by atoms with E-state index in [1.54, 1.807) is 0 Å². The fourth-order valence-electron chi connectivity index (χ4n) is 12.4. The molecule has 0 radical (unpaired) electrons. The summed E-state index contributed by atoms with van der Waals surface area (Å²) < 4.78 is 9.08. The number of nitrogens with zero attached hydrogens (tertiary/aromatic N) is 1. The summed E-state index contributed by atoms with van der Waals surface area (Å²) in [7, 11) is 0. The number of para-hydroxylation sites is 2. The van der Waals surface area contributed by atoms with Gasteiger partial charge in [0.05, 0.1) is 11.1 Å². The fraction of sp³-hybridized carbons (Fsp3) is 0.0137. The van der Waals surface area contributed by atoms with Crippen molar-refractivity contribution in [1.82, 2.24) is 0 Å². The van der Waals surface area contributed by atoms with Crippen LogP contribution in [0.25, 0.3) is 97.7 Å². The van der Waals surface area contributed by atoms with Gasteiger partial charge < -0.3 is 9.32 Å². The maximum atomic E-state index is 6.43. The normalized spacial score (nSPS) is 12.6. The molecule has 3 heteroatoms. The molecule has 0 saturated carbocycles. The Morgan fingerprint density at radius 2 is 0.842 bits per heavy atom. The first kappa shape index (κ1) is 44.0. The average molecular weight is 986 g/mol. The number of hydrogen-bond donors (Lipinski definition) is 0. The summed E-state index contributed by atoms with van der Waals surface area (Å²) in [5, 5.41) is 4.90. The topological polar surface area (TPSA) is 16.4 Å². The summed E-state index contributed by atoms with van der Waals surface area (Å²) in [6, 6.07) is 104. The van der Waals surface area contributed by atoms with Crippen LogP contribution in [0, 0.1) is 0 Å². The molecule has 0 saturated heterocycles. The molecule has 0 bridgehead atoms. The predicted molar refractivity (Wildman–Crippen MR) is 320 cm³/mol. The molecule has 2 aromatic heterocycles. The third kappa shape index (κ3) is 6.94. The van der Waals surface area contributed by atoms with Gasteiger partial charge >= 0.3 is 0 Å². The second kappa shape index (κ2) is 17.8. The molecule has 1 aliphatic carbocycles. The van der Waals surface area contributed by atoms with Gasteiger partial charge in [0.15, 0.2) is 0 Å². The lowest BCUT2D eigenvalue weighted by Crippen LogP contribution is -2.28. The molecule has 0 aliphatic heterocycles. The third-order valence-electron chi connectivity index (χ3n) is 15.8. The average Bonchev–Trinajstić information content (AvgIpc) is 4.18. The molecule has 0 N–H and O–H groups in total. The van der Waals surface area contributed by atoms with Gasteiger partial charge in [-0.2, -0.15) is 0 Å². The van der Waals surface area contributed by atoms with Crippen molar-refractivity contribution in [2.75, 3.05) is 4.90 Å². The maximum Gasteiger partial charge on any atom is 0.143 e. The first-order valence-electron chi connectivity index (χ1n) is 26.1. The van der Waals surface area contributed by atoms with Crippen molar-refractivity contribution >= 4 is 70.5 Å². The molecule has 76 heavy (non-hydrogen) atoms. The predicted octanol–water partition coefficient (Wildman–Crippen LogP) is 20.5. The molecule has 0 spiro atoms. The lowest BCUT2D eigenvalue weighted by Gasteiger charge is -2.34. The van der Waals surface area contributed by atoms with Gasteiger partial charge in [-0.15, -0.1) is 11.3 Å². The summed E-state index contributed by atoms with van der Waals surface area (Å²) in [6.07, 6.45) is 0. The second-order valence-corrected chi connectivity index (χ2v) is 20.9. The molecule has 0 atom stereocenters. The van der Waals surface area contributed by atoms with Crippen LogP contribution in [0.4, 0.5) is 17.1 Å². The number of thiophene rings is 1. The molecular formula is C73H47NOS. The molecule has 15 rings (SSSR count). The molecule has 0 amide bonds. The van der Waals surface area contributed by atoms with Crippen LogP contribution in [-0.2, 0) is 5.41 Å². The molecule has 0 fully saturated rings. The summed E-state index contributed by atoms with van der Waals surface area (Å²) in [4.78, 5) is 2.46. The summed E-state index contributed by atoms with van der Waals surface area (Å²) in [5.74, 6) is 0. The fourth-order valence-corrected chi connectivity index (χ4v) is 13.6. The zero-order valence-corrected chi connectivity index (χ0v) is 42.2. The highest BCUT2D eigenvalue weighted by Crippen LogP contribution is 2.59. The van der Waals surface area contributed by atoms with Crippen LogP contribution in [0.1, 0.15) is 22.3 Å². The van der Waals surface area contributed by atoms with Gasteiger partial charge in [-0.25, -0.2) is 0 Å². The van der Waals surface area contributed by atoms with E-state index in [1.807, 2.05) is 23.5 Å². The molecular weight excluding hydrogens is 939 g/mol. The standard InChI is InChI=1S/C73H47NOS/c1-3-19-54(20-4-1)73(55-21-5-2-6-22-55)65-30-10-7-25-64(65)70-66(73)31-16-32-67(70)74(56-43-39-49(40-44-56)48-35-37-51(38-36-48)58-26-14-28-62-60-23-8-11-33-68(60)75-71(58)62)57-45-41-50(42-46-57)52-17-13-18-53(47-52)59-27-15-29-63-61-24-9-12-34-69(61)76-72(59)63/h1-47H. The minimum atomic E-state index is -0.531. The molecule has 356 valence electrons. The van der Waals surface area contributed by atoms with Crippen molar-refractivity contribution in [3.8, 4) is 55.6 Å². The first-order chi connectivity index (χ1) is 37.7. The Morgan fingerprint density at radius 3 is 1.58 bits per heavy atom. The highest BCUT2D eigenvalue weighted by atomic mass is 32.1. The number of fused-ring (bicyclic) bond motifs is 9. The monoisotopic (exact) mass is 985 g/mol. The van der Waals surface area contributed by atoms with E-state index in [2.05, 4.69) is 278 Å². The lowest BCUT2D eigenvalue weighted by molar-refractivity contribution is 0.670. The minimum absolute atomic E-state index is 0.531. The van der Waals surface area contributed by atoms with Crippen molar-refractivity contribution in [1.29, 1.82) is 0 Å². The number of hydrogen-bond acceptors (Lipinski definition) is 3. The van der Waals surface area contributed by atoms with E-state index >= 15 is 0 Å². The van der Waals surface area contributed by atoms with E-state index < -0.39 is 5.41 Å². The van der Waals surface area contributed by atoms with Gasteiger partial charge in [0, 0.05) is 53.4 Å². The van der Waals surface area contributed by atoms with Crippen LogP contribution < -0.4 is 4.90 Å². The SMILES string of the molecule is c1ccc(C2(c3ccccc3)c3ccccc3-c3c(N(c4ccc(-c5ccc(-c6cccc7c6oc6ccccc67)cc5)cc4)c4ccc(-c5cccc(-c6cccc7c6sc6ccccc67)c5)cc4)cccc32)cc1. The zero-order valence-electron chi connectivity index (χ0n) is 41.4. The zero-order chi connectivity index (χ0) is 50.2. The van der Waals surface area contributed by atoms with Crippen molar-refractivity contribution in [2.45, 2.75) is 5.41 Å². The summed E-state index contributed by atoms with van der Waals surface area (Å²) in [5.41, 5.74) is 21.4. The number of rotatable bonds is 9. The Morgan fingerprint density at radius 1 is 0.329 bits per heavy atom. The van der Waals surface area contributed by atoms with Crippen molar-refractivity contribution < 1.29 is 4.42 Å². The van der Waals surface area contributed by atoms with E-state index in [9.17, 15) is 0 Å². The third-order valence-corrected chi connectivity index (χ3v) is 17.0. The summed E-state index contributed by atoms with van der Waals surface area (Å²) in [6.45, 7) is 0. The van der Waals surface area contributed by atoms with Crippen LogP contribution in [0.3, 0.4) is 0 Å². The Kier molecular flexibility index (Phi) is 10.3. The smallest absolute Gasteiger partial charge is 0.143 e. The highest BCUT2D eigenvalue weighted by molar-refractivity contribution is 7.26. The van der Waals surface area contributed by atoms with E-state index in [4.69, 9.17) is 4.42 Å². The largest absolute Gasteiger partial charge is 0.455 e. The molecule has 12 aromatic carbocycles. The number of benzene rings is 12. The molecule has 2 nitrogen and oxygen atoms in total. The quantitative estimate of drug-likeness (QED) is 0.143. The van der Waals surface area contributed by atoms with E-state index in [1.165, 1.54) is 75.8 Å². The molecule has 2 heterocycles. The van der Waals surface area contributed by atoms with Gasteiger partial charge in [0.25, 0.3) is 0 Å². The number of anilines is 3. The summed E-state index contributed by atoms with van der Waals surface area (Å²) >= 11 is 1.88. The first-order valence-corrected chi connectivity index (χ1v) is 26.9. The van der Waals surface area contributed by atoms with Crippen LogP contribution in [0.15, 0.2) is 290 Å². The van der Waals surface area contributed by atoms with Gasteiger partial charge in [0.1, 0.15) is 11.2 Å². The lowest BCUT2D eigenvalue weighted by atomic mass is 9.68. The van der Waals surface area contributed by atoms with Crippen LogP contribution in [0.5, 0.6) is 0 Å². The van der Waals surface area contributed by atoms with Crippen LogP contribution >= 0.6 is 11.3 Å². The Labute approximate surface area is 445 Å². The number of furan rings is 1. The minimum Gasteiger partial charge on any atom is -0.455 e. The Balaban J connectivity index is 0.852. The Bertz CT molecular complexity index is 4450. The molecule has 14 aromatic rings. The highest BCUT2D eigenvalue weighted by Gasteiger charge is 2.47.